The van der Waals surface area contributed by atoms with Crippen molar-refractivity contribution < 1.29 is 10.0 Å². The maximum Gasteiger partial charge on any atom is 0.267 e. The Labute approximate surface area is 165 Å². The smallest absolute Gasteiger partial charge is 0.267 e. The van der Waals surface area contributed by atoms with E-state index in [0.29, 0.717) is 6.54 Å². The molecule has 27 heavy (non-hydrogen) atoms. The van der Waals surface area contributed by atoms with Crippen molar-refractivity contribution in [1.82, 2.24) is 10.5 Å². The van der Waals surface area contributed by atoms with E-state index in [9.17, 15) is 4.79 Å². The van der Waals surface area contributed by atoms with Crippen molar-refractivity contribution in [1.29, 1.82) is 0 Å². The number of fused-ring (bicyclic) bond motifs is 3. The molecule has 3 N–H and O–H groups in total. The molecule has 1 aliphatic rings. The second-order valence-electron chi connectivity index (χ2n) is 6.42. The highest BCUT2D eigenvalue weighted by Crippen LogP contribution is 2.40. The average Bonchev–Trinajstić information content (AvgIpc) is 3.27. The highest BCUT2D eigenvalue weighted by atomic mass is 35.5. The summed E-state index contributed by atoms with van der Waals surface area (Å²) in [6, 6.07) is 7.64. The molecule has 0 saturated carbocycles. The second kappa shape index (κ2) is 7.68. The molecule has 0 atom stereocenters. The van der Waals surface area contributed by atoms with E-state index >= 15 is 0 Å². The van der Waals surface area contributed by atoms with E-state index < -0.39 is 5.91 Å². The van der Waals surface area contributed by atoms with E-state index in [1.54, 1.807) is 22.9 Å². The highest BCUT2D eigenvalue weighted by Gasteiger charge is 2.21. The molecular formula is C20H18ClN3O2S. The van der Waals surface area contributed by atoms with Gasteiger partial charge in [-0.2, -0.15) is 0 Å². The van der Waals surface area contributed by atoms with Gasteiger partial charge in [0.2, 0.25) is 0 Å². The molecule has 0 spiro atoms. The van der Waals surface area contributed by atoms with Crippen molar-refractivity contribution >= 4 is 50.8 Å². The van der Waals surface area contributed by atoms with E-state index in [1.807, 2.05) is 30.5 Å². The number of hydroxylamine groups is 1. The third kappa shape index (κ3) is 3.69. The van der Waals surface area contributed by atoms with Crippen LogP contribution in [-0.4, -0.2) is 16.1 Å². The van der Waals surface area contributed by atoms with Gasteiger partial charge in [0.1, 0.15) is 4.83 Å². The first-order valence-electron chi connectivity index (χ1n) is 8.69. The minimum atomic E-state index is -0.567. The summed E-state index contributed by atoms with van der Waals surface area (Å²) < 4.78 is 0. The number of thiophene rings is 1. The maximum atomic E-state index is 11.1. The summed E-state index contributed by atoms with van der Waals surface area (Å²) in [5.41, 5.74) is 5.68. The number of hydrogen-bond acceptors (Lipinski definition) is 5. The van der Waals surface area contributed by atoms with Gasteiger partial charge in [-0.1, -0.05) is 23.7 Å². The molecule has 7 heteroatoms. The first kappa shape index (κ1) is 18.0. The van der Waals surface area contributed by atoms with E-state index in [1.165, 1.54) is 22.9 Å². The summed E-state index contributed by atoms with van der Waals surface area (Å²) in [4.78, 5) is 18.2. The normalized spacial score (nSPS) is 13.3. The number of anilines is 1. The fraction of sp³-hybridized carbons (Fsp3) is 0.200. The number of nitrogens with zero attached hydrogens (tertiary/aromatic N) is 1. The Morgan fingerprint density at radius 3 is 3.11 bits per heavy atom. The molecular weight excluding hydrogens is 382 g/mol. The second-order valence-corrected chi connectivity index (χ2v) is 7.88. The SMILES string of the molecule is O=C(/C=C/c1cccc(NCc2cnc3sc4c(c3c2Cl)CCC4)c1)NO. The van der Waals surface area contributed by atoms with Gasteiger partial charge in [0.25, 0.3) is 5.91 Å². The molecule has 0 saturated heterocycles. The summed E-state index contributed by atoms with van der Waals surface area (Å²) in [6.07, 6.45) is 8.17. The average molecular weight is 400 g/mol. The van der Waals surface area contributed by atoms with Crippen molar-refractivity contribution in [2.24, 2.45) is 0 Å². The van der Waals surface area contributed by atoms with Crippen LogP contribution in [-0.2, 0) is 24.2 Å². The molecule has 4 rings (SSSR count). The van der Waals surface area contributed by atoms with Crippen LogP contribution in [0.4, 0.5) is 5.69 Å². The quantitative estimate of drug-likeness (QED) is 0.334. The van der Waals surface area contributed by atoms with Crippen LogP contribution in [0.15, 0.2) is 36.5 Å². The zero-order chi connectivity index (χ0) is 18.8. The van der Waals surface area contributed by atoms with Gasteiger partial charge in [-0.05, 0) is 48.6 Å². The van der Waals surface area contributed by atoms with Gasteiger partial charge < -0.3 is 5.32 Å². The Bertz CT molecular complexity index is 1050. The molecule has 3 aromatic rings. The Kier molecular flexibility index (Phi) is 5.11. The van der Waals surface area contributed by atoms with Crippen molar-refractivity contribution in [2.45, 2.75) is 25.8 Å². The van der Waals surface area contributed by atoms with Crippen LogP contribution >= 0.6 is 22.9 Å². The molecule has 0 fully saturated rings. The number of benzene rings is 1. The summed E-state index contributed by atoms with van der Waals surface area (Å²) in [7, 11) is 0. The molecule has 1 amide bonds. The van der Waals surface area contributed by atoms with Crippen LogP contribution < -0.4 is 10.8 Å². The molecule has 0 radical (unpaired) electrons. The zero-order valence-corrected chi connectivity index (χ0v) is 16.0. The fourth-order valence-corrected chi connectivity index (χ4v) is 4.96. The number of carbonyl (C=O) groups is 1. The number of amides is 1. The number of aromatic nitrogens is 1. The summed E-state index contributed by atoms with van der Waals surface area (Å²) in [5, 5.41) is 13.8. The predicted molar refractivity (Wildman–Crippen MR) is 109 cm³/mol. The predicted octanol–water partition coefficient (Wildman–Crippen LogP) is 4.57. The minimum Gasteiger partial charge on any atom is -0.381 e. The summed E-state index contributed by atoms with van der Waals surface area (Å²) in [6.45, 7) is 0.566. The lowest BCUT2D eigenvalue weighted by Crippen LogP contribution is -2.14. The first-order chi connectivity index (χ1) is 13.2. The van der Waals surface area contributed by atoms with Crippen LogP contribution in [0.3, 0.4) is 0 Å². The Morgan fingerprint density at radius 1 is 1.37 bits per heavy atom. The number of rotatable bonds is 5. The van der Waals surface area contributed by atoms with Crippen molar-refractivity contribution in [3.8, 4) is 0 Å². The molecule has 2 aromatic heterocycles. The third-order valence-electron chi connectivity index (χ3n) is 4.65. The number of hydrogen-bond donors (Lipinski definition) is 3. The van der Waals surface area contributed by atoms with Gasteiger partial charge in [0.05, 0.1) is 5.02 Å². The molecule has 0 unspecified atom stereocenters. The molecule has 1 aromatic carbocycles. The van der Waals surface area contributed by atoms with E-state index in [4.69, 9.17) is 16.8 Å². The number of aryl methyl sites for hydroxylation is 2. The highest BCUT2D eigenvalue weighted by molar-refractivity contribution is 7.19. The monoisotopic (exact) mass is 399 g/mol. The van der Waals surface area contributed by atoms with Crippen LogP contribution in [0.25, 0.3) is 16.3 Å². The van der Waals surface area contributed by atoms with Crippen LogP contribution in [0.2, 0.25) is 5.02 Å². The molecule has 5 nitrogen and oxygen atoms in total. The van der Waals surface area contributed by atoms with Crippen molar-refractivity contribution in [3.63, 3.8) is 0 Å². The van der Waals surface area contributed by atoms with E-state index in [0.717, 1.165) is 44.9 Å². The lowest BCUT2D eigenvalue weighted by Gasteiger charge is -2.10. The van der Waals surface area contributed by atoms with Crippen LogP contribution in [0.5, 0.6) is 0 Å². The Morgan fingerprint density at radius 2 is 2.26 bits per heavy atom. The number of halogens is 1. The van der Waals surface area contributed by atoms with Gasteiger partial charge in [-0.3, -0.25) is 10.0 Å². The van der Waals surface area contributed by atoms with Gasteiger partial charge in [-0.25, -0.2) is 10.5 Å². The molecule has 0 aliphatic heterocycles. The molecule has 1 aliphatic carbocycles. The summed E-state index contributed by atoms with van der Waals surface area (Å²) >= 11 is 8.47. The summed E-state index contributed by atoms with van der Waals surface area (Å²) in [5.74, 6) is -0.567. The lowest BCUT2D eigenvalue weighted by atomic mass is 10.1. The maximum absolute atomic E-state index is 11.1. The molecule has 2 heterocycles. The number of carbonyl (C=O) groups excluding carboxylic acids is 1. The zero-order valence-electron chi connectivity index (χ0n) is 14.5. The van der Waals surface area contributed by atoms with E-state index in [-0.39, 0.29) is 0 Å². The lowest BCUT2D eigenvalue weighted by molar-refractivity contribution is -0.124. The Hall–Kier alpha value is -2.41. The minimum absolute atomic E-state index is 0.566. The van der Waals surface area contributed by atoms with Crippen molar-refractivity contribution in [2.75, 3.05) is 5.32 Å². The number of pyridine rings is 1. The van der Waals surface area contributed by atoms with Gasteiger partial charge in [-0.15, -0.1) is 11.3 Å². The van der Waals surface area contributed by atoms with Crippen LogP contribution in [0, 0.1) is 0 Å². The van der Waals surface area contributed by atoms with Crippen molar-refractivity contribution in [3.05, 3.63) is 63.1 Å². The standard InChI is InChI=1S/C20H18ClN3O2S/c21-19-13(11-23-20-18(19)15-5-2-6-16(15)27-20)10-22-14-4-1-3-12(9-14)7-8-17(25)24-26/h1,3-4,7-9,11,22,26H,2,5-6,10H2,(H,24,25)/b8-7+. The van der Waals surface area contributed by atoms with Crippen LogP contribution in [0.1, 0.15) is 28.0 Å². The fourth-order valence-electron chi connectivity index (χ4n) is 3.34. The first-order valence-corrected chi connectivity index (χ1v) is 9.89. The Balaban J connectivity index is 1.53. The molecule has 0 bridgehead atoms. The third-order valence-corrected chi connectivity index (χ3v) is 6.28. The molecule has 138 valence electrons. The van der Waals surface area contributed by atoms with Gasteiger partial charge in [0, 0.05) is 40.3 Å². The van der Waals surface area contributed by atoms with Gasteiger partial charge >= 0.3 is 0 Å². The van der Waals surface area contributed by atoms with Gasteiger partial charge in [0.15, 0.2) is 0 Å². The largest absolute Gasteiger partial charge is 0.381 e. The topological polar surface area (TPSA) is 74.2 Å². The van der Waals surface area contributed by atoms with E-state index in [2.05, 4.69) is 10.3 Å². The number of nitrogens with one attached hydrogen (secondary N) is 2.